The van der Waals surface area contributed by atoms with Gasteiger partial charge in [0.25, 0.3) is 0 Å². The van der Waals surface area contributed by atoms with E-state index in [1.807, 2.05) is 11.4 Å². The summed E-state index contributed by atoms with van der Waals surface area (Å²) in [7, 11) is 1.81. The van der Waals surface area contributed by atoms with E-state index >= 15 is 0 Å². The summed E-state index contributed by atoms with van der Waals surface area (Å²) in [5, 5.41) is 10.8. The van der Waals surface area contributed by atoms with Gasteiger partial charge in [0.2, 0.25) is 0 Å². The lowest BCUT2D eigenvalue weighted by molar-refractivity contribution is -0.138. The van der Waals surface area contributed by atoms with Gasteiger partial charge in [-0.05, 0) is 30.2 Å². The zero-order valence-corrected chi connectivity index (χ0v) is 12.4. The highest BCUT2D eigenvalue weighted by molar-refractivity contribution is 7.09. The highest BCUT2D eigenvalue weighted by Gasteiger charge is 2.29. The summed E-state index contributed by atoms with van der Waals surface area (Å²) in [5.41, 5.74) is 0. The fraction of sp³-hybridized carbons (Fsp3) is 0.571. The molecule has 0 spiro atoms. The van der Waals surface area contributed by atoms with Crippen molar-refractivity contribution in [3.8, 4) is 0 Å². The molecule has 1 unspecified atom stereocenters. The van der Waals surface area contributed by atoms with Gasteiger partial charge in [-0.25, -0.2) is 4.79 Å². The quantitative estimate of drug-likeness (QED) is 0.905. The molecule has 0 radical (unpaired) electrons. The minimum absolute atomic E-state index is 0.00875. The third-order valence-corrected chi connectivity index (χ3v) is 4.56. The van der Waals surface area contributed by atoms with Crippen LogP contribution < -0.4 is 0 Å². The number of nitrogens with zero attached hydrogens (tertiary/aromatic N) is 2. The van der Waals surface area contributed by atoms with Gasteiger partial charge in [0.1, 0.15) is 0 Å². The van der Waals surface area contributed by atoms with Gasteiger partial charge in [0.05, 0.1) is 0 Å². The SMILES string of the molecule is CN(CCc1cccs1)C(=O)N1CCC(CC(=O)O)C1. The number of carboxylic acids is 1. The molecule has 1 aliphatic heterocycles. The van der Waals surface area contributed by atoms with Crippen LogP contribution in [0.3, 0.4) is 0 Å². The van der Waals surface area contributed by atoms with Crippen LogP contribution in [0, 0.1) is 5.92 Å². The molecule has 2 amide bonds. The molecule has 1 fully saturated rings. The molecule has 1 N–H and O–H groups in total. The highest BCUT2D eigenvalue weighted by Crippen LogP contribution is 2.20. The lowest BCUT2D eigenvalue weighted by Gasteiger charge is -2.24. The molecule has 2 rings (SSSR count). The van der Waals surface area contributed by atoms with Gasteiger partial charge in [-0.3, -0.25) is 4.79 Å². The van der Waals surface area contributed by atoms with E-state index < -0.39 is 5.97 Å². The molecule has 1 atom stereocenters. The minimum Gasteiger partial charge on any atom is -0.481 e. The molecule has 0 aliphatic carbocycles. The smallest absolute Gasteiger partial charge is 0.319 e. The maximum absolute atomic E-state index is 12.2. The summed E-state index contributed by atoms with van der Waals surface area (Å²) >= 11 is 1.70. The van der Waals surface area contributed by atoms with Crippen molar-refractivity contribution in [3.05, 3.63) is 22.4 Å². The number of hydrogen-bond donors (Lipinski definition) is 1. The third kappa shape index (κ3) is 3.96. The van der Waals surface area contributed by atoms with E-state index in [0.717, 1.165) is 12.8 Å². The van der Waals surface area contributed by atoms with E-state index in [9.17, 15) is 9.59 Å². The van der Waals surface area contributed by atoms with Crippen molar-refractivity contribution < 1.29 is 14.7 Å². The molecule has 1 aromatic rings. The molecule has 2 heterocycles. The predicted octanol–water partition coefficient (Wildman–Crippen LogP) is 2.14. The molecule has 1 aromatic heterocycles. The number of likely N-dealkylation sites (N-methyl/N-ethyl adjacent to an activating group) is 1. The average Bonchev–Trinajstić information content (AvgIpc) is 3.05. The normalized spacial score (nSPS) is 18.2. The Balaban J connectivity index is 1.77. The minimum atomic E-state index is -0.782. The second kappa shape index (κ2) is 6.74. The summed E-state index contributed by atoms with van der Waals surface area (Å²) in [5.74, 6) is -0.683. The van der Waals surface area contributed by atoms with Gasteiger partial charge in [-0.1, -0.05) is 6.07 Å². The highest BCUT2D eigenvalue weighted by atomic mass is 32.1. The van der Waals surface area contributed by atoms with Crippen LogP contribution in [0.25, 0.3) is 0 Å². The van der Waals surface area contributed by atoms with Gasteiger partial charge >= 0.3 is 12.0 Å². The number of amides is 2. The lowest BCUT2D eigenvalue weighted by atomic mass is 10.1. The Hall–Kier alpha value is -1.56. The summed E-state index contributed by atoms with van der Waals surface area (Å²) in [6.07, 6.45) is 1.81. The zero-order valence-electron chi connectivity index (χ0n) is 11.6. The molecule has 0 saturated carbocycles. The van der Waals surface area contributed by atoms with Crippen LogP contribution in [0.5, 0.6) is 0 Å². The standard InChI is InChI=1S/C14H20N2O3S/c1-15(6-5-12-3-2-8-20-12)14(19)16-7-4-11(10-16)9-13(17)18/h2-3,8,11H,4-7,9-10H2,1H3,(H,17,18). The molecule has 5 nitrogen and oxygen atoms in total. The van der Waals surface area contributed by atoms with E-state index in [-0.39, 0.29) is 18.4 Å². The Bertz CT molecular complexity index is 461. The molecule has 110 valence electrons. The molecule has 1 saturated heterocycles. The first-order chi connectivity index (χ1) is 9.56. The van der Waals surface area contributed by atoms with Gasteiger partial charge in [0, 0.05) is 38.0 Å². The van der Waals surface area contributed by atoms with Crippen molar-refractivity contribution >= 4 is 23.3 Å². The van der Waals surface area contributed by atoms with Crippen LogP contribution in [0.1, 0.15) is 17.7 Å². The van der Waals surface area contributed by atoms with Crippen LogP contribution in [0.15, 0.2) is 17.5 Å². The number of aliphatic carboxylic acids is 1. The molecular weight excluding hydrogens is 276 g/mol. The molecule has 0 aromatic carbocycles. The number of rotatable bonds is 5. The second-order valence-corrected chi connectivity index (χ2v) is 6.26. The van der Waals surface area contributed by atoms with Crippen molar-refractivity contribution in [2.24, 2.45) is 5.92 Å². The molecule has 6 heteroatoms. The number of hydrogen-bond acceptors (Lipinski definition) is 3. The number of carboxylic acid groups (broad SMARTS) is 1. The van der Waals surface area contributed by atoms with Crippen molar-refractivity contribution in [2.75, 3.05) is 26.7 Å². The Morgan fingerprint density at radius 2 is 2.35 bits per heavy atom. The van der Waals surface area contributed by atoms with E-state index in [4.69, 9.17) is 5.11 Å². The fourth-order valence-corrected chi connectivity index (χ4v) is 3.19. The van der Waals surface area contributed by atoms with Crippen LogP contribution in [-0.4, -0.2) is 53.6 Å². The first-order valence-corrected chi connectivity index (χ1v) is 7.68. The van der Waals surface area contributed by atoms with Crippen LogP contribution in [-0.2, 0) is 11.2 Å². The summed E-state index contributed by atoms with van der Waals surface area (Å²) in [4.78, 5) is 27.7. The Kier molecular flexibility index (Phi) is 5.00. The van der Waals surface area contributed by atoms with E-state index in [0.29, 0.717) is 19.6 Å². The maximum atomic E-state index is 12.2. The van der Waals surface area contributed by atoms with Crippen LogP contribution in [0.4, 0.5) is 4.79 Å². The average molecular weight is 296 g/mol. The summed E-state index contributed by atoms with van der Waals surface area (Å²) in [6.45, 7) is 1.92. The molecule has 20 heavy (non-hydrogen) atoms. The Morgan fingerprint density at radius 3 is 3.00 bits per heavy atom. The van der Waals surface area contributed by atoms with E-state index in [1.165, 1.54) is 4.88 Å². The largest absolute Gasteiger partial charge is 0.481 e. The molecule has 1 aliphatic rings. The van der Waals surface area contributed by atoms with Crippen molar-refractivity contribution in [3.63, 3.8) is 0 Å². The third-order valence-electron chi connectivity index (χ3n) is 3.62. The number of thiophene rings is 1. The first kappa shape index (κ1) is 14.8. The Labute approximate surface area is 122 Å². The molecular formula is C14H20N2O3S. The number of carbonyl (C=O) groups is 2. The second-order valence-electron chi connectivity index (χ2n) is 5.23. The number of carbonyl (C=O) groups excluding carboxylic acids is 1. The topological polar surface area (TPSA) is 60.9 Å². The van der Waals surface area contributed by atoms with Gasteiger partial charge in [-0.2, -0.15) is 0 Å². The zero-order chi connectivity index (χ0) is 14.5. The Morgan fingerprint density at radius 1 is 1.55 bits per heavy atom. The van der Waals surface area contributed by atoms with Crippen molar-refractivity contribution in [2.45, 2.75) is 19.3 Å². The van der Waals surface area contributed by atoms with Gasteiger partial charge < -0.3 is 14.9 Å². The van der Waals surface area contributed by atoms with Crippen LogP contribution >= 0.6 is 11.3 Å². The van der Waals surface area contributed by atoms with Crippen LogP contribution in [0.2, 0.25) is 0 Å². The monoisotopic (exact) mass is 296 g/mol. The van der Waals surface area contributed by atoms with Gasteiger partial charge in [0.15, 0.2) is 0 Å². The number of likely N-dealkylation sites (tertiary alicyclic amines) is 1. The number of urea groups is 1. The van der Waals surface area contributed by atoms with E-state index in [1.54, 1.807) is 28.2 Å². The van der Waals surface area contributed by atoms with Gasteiger partial charge in [-0.15, -0.1) is 11.3 Å². The predicted molar refractivity (Wildman–Crippen MR) is 78.0 cm³/mol. The van der Waals surface area contributed by atoms with Crippen molar-refractivity contribution in [1.29, 1.82) is 0 Å². The first-order valence-electron chi connectivity index (χ1n) is 6.80. The summed E-state index contributed by atoms with van der Waals surface area (Å²) < 4.78 is 0. The maximum Gasteiger partial charge on any atom is 0.319 e. The lowest BCUT2D eigenvalue weighted by Crippen LogP contribution is -2.40. The van der Waals surface area contributed by atoms with Crippen molar-refractivity contribution in [1.82, 2.24) is 9.80 Å². The molecule has 0 bridgehead atoms. The van der Waals surface area contributed by atoms with E-state index in [2.05, 4.69) is 6.07 Å². The fourth-order valence-electron chi connectivity index (χ4n) is 2.49. The summed E-state index contributed by atoms with van der Waals surface area (Å²) in [6, 6.07) is 4.09.